The van der Waals surface area contributed by atoms with E-state index in [2.05, 4.69) is 32.8 Å². The van der Waals surface area contributed by atoms with Crippen molar-refractivity contribution in [3.63, 3.8) is 0 Å². The Balaban J connectivity index is 0. The molecule has 0 aromatic rings. The first-order valence-electron chi connectivity index (χ1n) is 10.1. The molecule has 24 heavy (non-hydrogen) atoms. The standard InChI is InChI=1S/C20H44NOS.HI/c1-4-5-6-7-8-9-10-11-12-13-14-15-19-23-20-17-21(2,3)16-18-22;/h22H,4-20H2,1-3H3;1H/q+1;/p-1. The molecule has 0 aromatic heterocycles. The molecule has 0 aliphatic rings. The Morgan fingerprint density at radius 3 is 1.58 bits per heavy atom. The summed E-state index contributed by atoms with van der Waals surface area (Å²) in [6.07, 6.45) is 17.2. The fraction of sp³-hybridized carbons (Fsp3) is 1.00. The average Bonchev–Trinajstić information content (AvgIpc) is 2.51. The van der Waals surface area contributed by atoms with Gasteiger partial charge in [0.05, 0.1) is 27.2 Å². The Morgan fingerprint density at radius 2 is 1.12 bits per heavy atom. The van der Waals surface area contributed by atoms with Gasteiger partial charge in [-0.15, -0.1) is 0 Å². The van der Waals surface area contributed by atoms with Crippen LogP contribution in [0.1, 0.15) is 84.0 Å². The Labute approximate surface area is 174 Å². The van der Waals surface area contributed by atoms with Crippen molar-refractivity contribution in [3.8, 4) is 0 Å². The number of nitrogens with zero attached hydrogens (tertiary/aromatic N) is 1. The van der Waals surface area contributed by atoms with Crippen LogP contribution < -0.4 is 24.0 Å². The van der Waals surface area contributed by atoms with Crippen LogP contribution in [0.15, 0.2) is 0 Å². The third-order valence-electron chi connectivity index (χ3n) is 4.69. The maximum absolute atomic E-state index is 9.01. The first-order chi connectivity index (χ1) is 11.1. The quantitative estimate of drug-likeness (QED) is 0.188. The molecule has 2 nitrogen and oxygen atoms in total. The molecule has 0 atom stereocenters. The summed E-state index contributed by atoms with van der Waals surface area (Å²) in [5.74, 6) is 2.54. The minimum absolute atomic E-state index is 0. The third-order valence-corrected chi connectivity index (χ3v) is 5.74. The van der Waals surface area contributed by atoms with Crippen molar-refractivity contribution in [3.05, 3.63) is 0 Å². The number of halogens is 1. The van der Waals surface area contributed by atoms with E-state index in [0.717, 1.165) is 11.0 Å². The molecule has 0 rings (SSSR count). The molecule has 0 bridgehead atoms. The van der Waals surface area contributed by atoms with Crippen LogP contribution in [0, 0.1) is 0 Å². The summed E-state index contributed by atoms with van der Waals surface area (Å²) < 4.78 is 0.946. The number of rotatable bonds is 18. The van der Waals surface area contributed by atoms with Crippen LogP contribution in [-0.2, 0) is 0 Å². The summed E-state index contributed by atoms with van der Waals surface area (Å²) in [7, 11) is 4.42. The molecule has 0 heterocycles. The van der Waals surface area contributed by atoms with E-state index in [1.54, 1.807) is 0 Å². The number of thioether (sulfide) groups is 1. The molecule has 0 saturated carbocycles. The molecule has 0 aromatic carbocycles. The zero-order chi connectivity index (χ0) is 17.2. The second-order valence-corrected chi connectivity index (χ2v) is 8.83. The van der Waals surface area contributed by atoms with Crippen molar-refractivity contribution >= 4 is 11.8 Å². The lowest BCUT2D eigenvalue weighted by molar-refractivity contribution is -0.888. The van der Waals surface area contributed by atoms with E-state index >= 15 is 0 Å². The average molecular weight is 474 g/mol. The predicted octanol–water partition coefficient (Wildman–Crippen LogP) is 2.49. The molecule has 0 amide bonds. The smallest absolute Gasteiger partial charge is 0.102 e. The van der Waals surface area contributed by atoms with E-state index in [4.69, 9.17) is 5.11 Å². The van der Waals surface area contributed by atoms with Gasteiger partial charge in [0, 0.05) is 5.75 Å². The lowest BCUT2D eigenvalue weighted by atomic mass is 10.1. The number of quaternary nitrogens is 1. The van der Waals surface area contributed by atoms with E-state index in [0.29, 0.717) is 6.61 Å². The molecule has 1 N–H and O–H groups in total. The lowest BCUT2D eigenvalue weighted by Crippen LogP contribution is -3.00. The second-order valence-electron chi connectivity index (χ2n) is 7.61. The Hall–Kier alpha value is 1.00. The van der Waals surface area contributed by atoms with Crippen LogP contribution in [0.3, 0.4) is 0 Å². The number of likely N-dealkylation sites (N-methyl/N-ethyl adjacent to an activating group) is 1. The van der Waals surface area contributed by atoms with Gasteiger partial charge in [0.1, 0.15) is 6.54 Å². The minimum atomic E-state index is 0. The van der Waals surface area contributed by atoms with E-state index in [-0.39, 0.29) is 24.0 Å². The van der Waals surface area contributed by atoms with E-state index in [1.807, 2.05) is 0 Å². The monoisotopic (exact) mass is 473 g/mol. The lowest BCUT2D eigenvalue weighted by Gasteiger charge is -2.28. The van der Waals surface area contributed by atoms with Gasteiger partial charge in [-0.25, -0.2) is 0 Å². The van der Waals surface area contributed by atoms with Crippen molar-refractivity contribution in [1.82, 2.24) is 0 Å². The first-order valence-corrected chi connectivity index (χ1v) is 11.3. The second kappa shape index (κ2) is 20.3. The molecular formula is C20H44INOS. The number of unbranched alkanes of at least 4 members (excludes halogenated alkanes) is 11. The molecule has 0 unspecified atom stereocenters. The van der Waals surface area contributed by atoms with E-state index in [9.17, 15) is 0 Å². The number of aliphatic hydroxyl groups is 1. The van der Waals surface area contributed by atoms with Crippen molar-refractivity contribution in [2.24, 2.45) is 0 Å². The van der Waals surface area contributed by atoms with Crippen molar-refractivity contribution < 1.29 is 33.6 Å². The normalized spacial score (nSPS) is 11.5. The van der Waals surface area contributed by atoms with Crippen LogP contribution in [0.2, 0.25) is 0 Å². The van der Waals surface area contributed by atoms with Gasteiger partial charge in [0.15, 0.2) is 0 Å². The van der Waals surface area contributed by atoms with Crippen molar-refractivity contribution in [2.75, 3.05) is 45.3 Å². The van der Waals surface area contributed by atoms with Crippen LogP contribution in [-0.4, -0.2) is 54.9 Å². The number of aliphatic hydroxyl groups excluding tert-OH is 1. The Morgan fingerprint density at radius 1 is 0.667 bits per heavy atom. The topological polar surface area (TPSA) is 20.2 Å². The van der Waals surface area contributed by atoms with E-state index < -0.39 is 0 Å². The zero-order valence-electron chi connectivity index (χ0n) is 16.7. The summed E-state index contributed by atoms with van der Waals surface area (Å²) >= 11 is 2.09. The zero-order valence-corrected chi connectivity index (χ0v) is 19.7. The minimum Gasteiger partial charge on any atom is -1.00 e. The predicted molar refractivity (Wildman–Crippen MR) is 107 cm³/mol. The third kappa shape index (κ3) is 21.0. The van der Waals surface area contributed by atoms with Gasteiger partial charge >= 0.3 is 0 Å². The largest absolute Gasteiger partial charge is 1.00 e. The summed E-state index contributed by atoms with van der Waals surface area (Å²) in [4.78, 5) is 0. The van der Waals surface area contributed by atoms with Gasteiger partial charge in [0.2, 0.25) is 0 Å². The number of hydrogen-bond donors (Lipinski definition) is 1. The highest BCUT2D eigenvalue weighted by Gasteiger charge is 2.12. The molecule has 0 spiro atoms. The molecule has 148 valence electrons. The molecule has 0 radical (unpaired) electrons. The van der Waals surface area contributed by atoms with Gasteiger partial charge in [-0.05, 0) is 12.2 Å². The molecular weight excluding hydrogens is 429 g/mol. The molecule has 0 aliphatic heterocycles. The fourth-order valence-corrected chi connectivity index (χ4v) is 4.08. The van der Waals surface area contributed by atoms with Crippen molar-refractivity contribution in [1.29, 1.82) is 0 Å². The number of hydrogen-bond acceptors (Lipinski definition) is 2. The van der Waals surface area contributed by atoms with Crippen LogP contribution in [0.4, 0.5) is 0 Å². The summed E-state index contributed by atoms with van der Waals surface area (Å²) in [6, 6.07) is 0. The van der Waals surface area contributed by atoms with Crippen LogP contribution in [0.25, 0.3) is 0 Å². The highest BCUT2D eigenvalue weighted by Crippen LogP contribution is 2.13. The van der Waals surface area contributed by atoms with E-state index in [1.165, 1.54) is 95.1 Å². The Bertz CT molecular complexity index is 240. The highest BCUT2D eigenvalue weighted by molar-refractivity contribution is 7.99. The molecule has 0 saturated heterocycles. The summed E-state index contributed by atoms with van der Waals surface area (Å²) in [6.45, 7) is 4.63. The summed E-state index contributed by atoms with van der Waals surface area (Å²) in [5.41, 5.74) is 0. The molecule has 4 heteroatoms. The molecule has 0 fully saturated rings. The molecule has 0 aliphatic carbocycles. The Kier molecular flexibility index (Phi) is 23.0. The van der Waals surface area contributed by atoms with Crippen LogP contribution >= 0.6 is 11.8 Å². The van der Waals surface area contributed by atoms with Gasteiger partial charge in [-0.2, -0.15) is 11.8 Å². The van der Waals surface area contributed by atoms with Gasteiger partial charge < -0.3 is 33.6 Å². The van der Waals surface area contributed by atoms with Gasteiger partial charge in [-0.1, -0.05) is 77.6 Å². The highest BCUT2D eigenvalue weighted by atomic mass is 127. The summed E-state index contributed by atoms with van der Waals surface area (Å²) in [5, 5.41) is 9.01. The fourth-order valence-electron chi connectivity index (χ4n) is 2.84. The maximum atomic E-state index is 9.01. The van der Waals surface area contributed by atoms with Gasteiger partial charge in [0.25, 0.3) is 0 Å². The first kappa shape index (κ1) is 27.2. The SMILES string of the molecule is CCCCCCCCCCCCCCSCC[N+](C)(C)CCO.[I-]. The van der Waals surface area contributed by atoms with Crippen LogP contribution in [0.5, 0.6) is 0 Å². The van der Waals surface area contributed by atoms with Crippen molar-refractivity contribution in [2.45, 2.75) is 84.0 Å². The maximum Gasteiger partial charge on any atom is 0.102 e. The van der Waals surface area contributed by atoms with Gasteiger partial charge in [-0.3, -0.25) is 0 Å².